The normalized spacial score (nSPS) is 10.7. The topological polar surface area (TPSA) is 77.3 Å². The zero-order valence-corrected chi connectivity index (χ0v) is 12.7. The van der Waals surface area contributed by atoms with Gasteiger partial charge in [-0.25, -0.2) is 4.79 Å². The van der Waals surface area contributed by atoms with Crippen molar-refractivity contribution in [1.82, 2.24) is 4.98 Å². The molecule has 0 fully saturated rings. The van der Waals surface area contributed by atoms with Crippen LogP contribution in [-0.4, -0.2) is 18.2 Å². The number of nitrogens with one attached hydrogen (secondary N) is 1. The van der Waals surface area contributed by atoms with Crippen LogP contribution in [0.3, 0.4) is 0 Å². The van der Waals surface area contributed by atoms with Gasteiger partial charge in [-0.1, -0.05) is 23.9 Å². The average molecular weight is 320 g/mol. The number of ether oxygens (including phenoxy) is 2. The molecule has 3 rings (SSSR count). The van der Waals surface area contributed by atoms with Gasteiger partial charge in [0.15, 0.2) is 0 Å². The Hall–Kier alpha value is -2.12. The molecule has 3 N–H and O–H groups in total. The minimum absolute atomic E-state index is 0.361. The highest BCUT2D eigenvalue weighted by Gasteiger charge is 2.18. The van der Waals surface area contributed by atoms with Crippen LogP contribution in [0.15, 0.2) is 45.5 Å². The van der Waals surface area contributed by atoms with Crippen LogP contribution in [0.1, 0.15) is 0 Å². The minimum Gasteiger partial charge on any atom is -0.496 e. The van der Waals surface area contributed by atoms with Crippen molar-refractivity contribution < 1.29 is 14.3 Å². The number of fused-ring (bicyclic) bond motifs is 1. The van der Waals surface area contributed by atoms with Crippen molar-refractivity contribution in [2.24, 2.45) is 5.73 Å². The molecule has 0 unspecified atom stereocenters. The predicted molar refractivity (Wildman–Crippen MR) is 83.5 cm³/mol. The Morgan fingerprint density at radius 2 is 2.14 bits per heavy atom. The maximum absolute atomic E-state index is 11.0. The van der Waals surface area contributed by atoms with Crippen molar-refractivity contribution in [2.75, 3.05) is 7.11 Å². The molecule has 108 valence electrons. The molecule has 0 spiro atoms. The van der Waals surface area contributed by atoms with E-state index in [4.69, 9.17) is 15.2 Å². The van der Waals surface area contributed by atoms with Gasteiger partial charge in [0.05, 0.1) is 27.1 Å². The monoisotopic (exact) mass is 320 g/mol. The van der Waals surface area contributed by atoms with Crippen molar-refractivity contribution in [3.63, 3.8) is 0 Å². The lowest BCUT2D eigenvalue weighted by molar-refractivity contribution is 0.208. The summed E-state index contributed by atoms with van der Waals surface area (Å²) in [5.74, 6) is 1.12. The van der Waals surface area contributed by atoms with Crippen molar-refractivity contribution >= 4 is 39.4 Å². The number of H-pyrrole nitrogens is 1. The van der Waals surface area contributed by atoms with Crippen LogP contribution in [0.5, 0.6) is 11.6 Å². The van der Waals surface area contributed by atoms with Gasteiger partial charge in [-0.3, -0.25) is 0 Å². The van der Waals surface area contributed by atoms with Gasteiger partial charge >= 0.3 is 6.09 Å². The largest absolute Gasteiger partial charge is 0.496 e. The molecule has 0 saturated heterocycles. The molecular weight excluding hydrogens is 308 g/mol. The number of benzene rings is 1. The van der Waals surface area contributed by atoms with Gasteiger partial charge in [0.2, 0.25) is 5.88 Å². The molecule has 0 aliphatic rings. The first-order chi connectivity index (χ1) is 10.2. The molecule has 0 bridgehead atoms. The molecule has 3 aromatic rings. The SMILES string of the molecule is COc1ccccc1Sc1c(OC(N)=O)[nH]c2ccsc12. The molecule has 0 saturated carbocycles. The summed E-state index contributed by atoms with van der Waals surface area (Å²) in [6, 6.07) is 9.60. The third-order valence-corrected chi connectivity index (χ3v) is 5.02. The van der Waals surface area contributed by atoms with E-state index in [1.807, 2.05) is 35.7 Å². The van der Waals surface area contributed by atoms with E-state index in [2.05, 4.69) is 4.98 Å². The Morgan fingerprint density at radius 3 is 2.90 bits per heavy atom. The van der Waals surface area contributed by atoms with E-state index >= 15 is 0 Å². The molecular formula is C14H12N2O3S2. The number of methoxy groups -OCH3 is 1. The number of hydrogen-bond donors (Lipinski definition) is 2. The number of rotatable bonds is 4. The maximum atomic E-state index is 11.0. The summed E-state index contributed by atoms with van der Waals surface area (Å²) in [7, 11) is 1.62. The van der Waals surface area contributed by atoms with Gasteiger partial charge < -0.3 is 20.2 Å². The first-order valence-electron chi connectivity index (χ1n) is 6.06. The summed E-state index contributed by atoms with van der Waals surface area (Å²) < 4.78 is 11.4. The standard InChI is InChI=1S/C14H12N2O3S2/c1-18-9-4-2-3-5-10(9)21-12-11-8(6-7-20-11)16-13(12)19-14(15)17/h2-7,16H,1H3,(H2,15,17). The summed E-state index contributed by atoms with van der Waals surface area (Å²) in [5.41, 5.74) is 6.03. The molecule has 0 aliphatic heterocycles. The maximum Gasteiger partial charge on any atom is 0.411 e. The quantitative estimate of drug-likeness (QED) is 0.765. The van der Waals surface area contributed by atoms with E-state index in [1.165, 1.54) is 11.8 Å². The van der Waals surface area contributed by atoms with E-state index in [-0.39, 0.29) is 0 Å². The Kier molecular flexibility index (Phi) is 3.76. The van der Waals surface area contributed by atoms with Crippen LogP contribution in [0.25, 0.3) is 10.2 Å². The smallest absolute Gasteiger partial charge is 0.411 e. The second-order valence-electron chi connectivity index (χ2n) is 4.12. The number of primary amides is 1. The summed E-state index contributed by atoms with van der Waals surface area (Å²) in [6.45, 7) is 0. The molecule has 2 aromatic heterocycles. The number of nitrogens with two attached hydrogens (primary N) is 1. The summed E-state index contributed by atoms with van der Waals surface area (Å²) in [6.07, 6.45) is -0.842. The lowest BCUT2D eigenvalue weighted by Crippen LogP contribution is -2.16. The Balaban J connectivity index is 2.05. The molecule has 1 aromatic carbocycles. The summed E-state index contributed by atoms with van der Waals surface area (Å²) in [5, 5.41) is 1.97. The van der Waals surface area contributed by atoms with Gasteiger partial charge in [-0.2, -0.15) is 0 Å². The molecule has 0 radical (unpaired) electrons. The average Bonchev–Trinajstić information content (AvgIpc) is 3.02. The molecule has 0 atom stereocenters. The number of thiophene rings is 1. The van der Waals surface area contributed by atoms with Crippen molar-refractivity contribution in [2.45, 2.75) is 9.79 Å². The fourth-order valence-electron chi connectivity index (χ4n) is 1.94. The van der Waals surface area contributed by atoms with E-state index in [0.717, 1.165) is 25.8 Å². The van der Waals surface area contributed by atoms with Crippen LogP contribution in [-0.2, 0) is 0 Å². The van der Waals surface area contributed by atoms with Crippen molar-refractivity contribution in [1.29, 1.82) is 0 Å². The summed E-state index contributed by atoms with van der Waals surface area (Å²) >= 11 is 3.04. The lowest BCUT2D eigenvalue weighted by Gasteiger charge is -2.08. The van der Waals surface area contributed by atoms with Crippen LogP contribution in [0, 0.1) is 0 Å². The third kappa shape index (κ3) is 2.70. The molecule has 21 heavy (non-hydrogen) atoms. The second-order valence-corrected chi connectivity index (χ2v) is 6.09. The van der Waals surface area contributed by atoms with Crippen LogP contribution >= 0.6 is 23.1 Å². The molecule has 7 heteroatoms. The second kappa shape index (κ2) is 5.71. The van der Waals surface area contributed by atoms with Crippen LogP contribution < -0.4 is 15.2 Å². The van der Waals surface area contributed by atoms with Gasteiger partial charge in [0.25, 0.3) is 0 Å². The zero-order chi connectivity index (χ0) is 14.8. The highest BCUT2D eigenvalue weighted by molar-refractivity contribution is 8.00. The zero-order valence-electron chi connectivity index (χ0n) is 11.1. The molecule has 0 aliphatic carbocycles. The van der Waals surface area contributed by atoms with Gasteiger partial charge in [-0.05, 0) is 23.6 Å². The Morgan fingerprint density at radius 1 is 1.33 bits per heavy atom. The Bertz CT molecular complexity index is 794. The fourth-order valence-corrected chi connectivity index (χ4v) is 4.01. The van der Waals surface area contributed by atoms with Crippen LogP contribution in [0.4, 0.5) is 4.79 Å². The van der Waals surface area contributed by atoms with Gasteiger partial charge in [-0.15, -0.1) is 11.3 Å². The lowest BCUT2D eigenvalue weighted by atomic mass is 10.3. The van der Waals surface area contributed by atoms with Gasteiger partial charge in [0.1, 0.15) is 5.75 Å². The first kappa shape index (κ1) is 13.8. The number of carbonyl (C=O) groups excluding carboxylic acids is 1. The highest BCUT2D eigenvalue weighted by atomic mass is 32.2. The summed E-state index contributed by atoms with van der Waals surface area (Å²) in [4.78, 5) is 15.9. The fraction of sp³-hybridized carbons (Fsp3) is 0.0714. The molecule has 5 nitrogen and oxygen atoms in total. The molecule has 1 amide bonds. The number of amides is 1. The van der Waals surface area contributed by atoms with Gasteiger partial charge in [0, 0.05) is 0 Å². The number of aromatic nitrogens is 1. The van der Waals surface area contributed by atoms with Crippen molar-refractivity contribution in [3.8, 4) is 11.6 Å². The van der Waals surface area contributed by atoms with E-state index in [1.54, 1.807) is 18.4 Å². The Labute approximate surface area is 129 Å². The minimum atomic E-state index is -0.842. The van der Waals surface area contributed by atoms with Crippen molar-refractivity contribution in [3.05, 3.63) is 35.7 Å². The van der Waals surface area contributed by atoms with Crippen LogP contribution in [0.2, 0.25) is 0 Å². The number of para-hydroxylation sites is 1. The van der Waals surface area contributed by atoms with E-state index < -0.39 is 6.09 Å². The number of carbonyl (C=O) groups is 1. The molecule has 2 heterocycles. The third-order valence-electron chi connectivity index (χ3n) is 2.81. The van der Waals surface area contributed by atoms with E-state index in [9.17, 15) is 4.79 Å². The van der Waals surface area contributed by atoms with E-state index in [0.29, 0.717) is 5.88 Å². The number of hydrogen-bond acceptors (Lipinski definition) is 5. The first-order valence-corrected chi connectivity index (χ1v) is 7.76. The number of aromatic amines is 1. The predicted octanol–water partition coefficient (Wildman–Crippen LogP) is 3.85. The highest BCUT2D eigenvalue weighted by Crippen LogP contribution is 2.45.